The van der Waals surface area contributed by atoms with E-state index in [2.05, 4.69) is 207 Å². The van der Waals surface area contributed by atoms with Crippen LogP contribution in [0.3, 0.4) is 0 Å². The molecular formula is C51H37NS. The largest absolute Gasteiger partial charge is 0.310 e. The topological polar surface area (TPSA) is 3.24 Å². The summed E-state index contributed by atoms with van der Waals surface area (Å²) in [5, 5.41) is 2.60. The van der Waals surface area contributed by atoms with Gasteiger partial charge in [-0.25, -0.2) is 0 Å². The fourth-order valence-electron chi connectivity index (χ4n) is 8.34. The molecule has 2 heteroatoms. The van der Waals surface area contributed by atoms with Gasteiger partial charge in [0.25, 0.3) is 0 Å². The van der Waals surface area contributed by atoms with Crippen LogP contribution in [0.1, 0.15) is 25.0 Å². The first kappa shape index (κ1) is 31.5. The second kappa shape index (κ2) is 12.5. The van der Waals surface area contributed by atoms with E-state index in [1.165, 1.54) is 81.5 Å². The maximum absolute atomic E-state index is 2.51. The third-order valence-electron chi connectivity index (χ3n) is 11.1. The average molecular weight is 696 g/mol. The van der Waals surface area contributed by atoms with E-state index >= 15 is 0 Å². The van der Waals surface area contributed by atoms with E-state index < -0.39 is 0 Å². The summed E-state index contributed by atoms with van der Waals surface area (Å²) in [6.07, 6.45) is 0. The third kappa shape index (κ3) is 5.21. The van der Waals surface area contributed by atoms with E-state index in [0.29, 0.717) is 0 Å². The Bertz CT molecular complexity index is 2680. The molecule has 1 aliphatic rings. The van der Waals surface area contributed by atoms with Crippen molar-refractivity contribution < 1.29 is 0 Å². The highest BCUT2D eigenvalue weighted by Crippen LogP contribution is 2.58. The first-order valence-corrected chi connectivity index (χ1v) is 19.2. The lowest BCUT2D eigenvalue weighted by molar-refractivity contribution is 0.661. The van der Waals surface area contributed by atoms with Crippen molar-refractivity contribution in [2.24, 2.45) is 0 Å². The van der Waals surface area contributed by atoms with Gasteiger partial charge in [0.05, 0.1) is 5.69 Å². The zero-order valence-corrected chi connectivity index (χ0v) is 30.6. The van der Waals surface area contributed by atoms with Gasteiger partial charge in [0.1, 0.15) is 0 Å². The van der Waals surface area contributed by atoms with Crippen LogP contribution in [0, 0.1) is 0 Å². The van der Waals surface area contributed by atoms with E-state index in [0.717, 1.165) is 11.4 Å². The second-order valence-corrected chi connectivity index (χ2v) is 15.6. The number of thiophene rings is 1. The Morgan fingerprint density at radius 3 is 1.47 bits per heavy atom. The Morgan fingerprint density at radius 1 is 0.434 bits per heavy atom. The Labute approximate surface area is 315 Å². The van der Waals surface area contributed by atoms with Crippen molar-refractivity contribution in [3.05, 3.63) is 199 Å². The maximum atomic E-state index is 2.51. The van der Waals surface area contributed by atoms with Crippen LogP contribution in [0.25, 0.3) is 64.7 Å². The highest BCUT2D eigenvalue weighted by atomic mass is 32.1. The van der Waals surface area contributed by atoms with Gasteiger partial charge in [-0.15, -0.1) is 11.3 Å². The minimum atomic E-state index is -0.200. The zero-order valence-electron chi connectivity index (χ0n) is 29.8. The van der Waals surface area contributed by atoms with E-state index in [-0.39, 0.29) is 5.41 Å². The van der Waals surface area contributed by atoms with Gasteiger partial charge < -0.3 is 4.90 Å². The summed E-state index contributed by atoms with van der Waals surface area (Å²) in [4.78, 5) is 2.49. The minimum Gasteiger partial charge on any atom is -0.310 e. The number of rotatable bonds is 6. The van der Waals surface area contributed by atoms with Gasteiger partial charge in [0.2, 0.25) is 0 Å². The van der Waals surface area contributed by atoms with E-state index in [9.17, 15) is 0 Å². The zero-order chi connectivity index (χ0) is 35.5. The van der Waals surface area contributed by atoms with E-state index in [1.54, 1.807) is 0 Å². The summed E-state index contributed by atoms with van der Waals surface area (Å²) in [6.45, 7) is 4.81. The smallest absolute Gasteiger partial charge is 0.0558 e. The molecule has 10 rings (SSSR count). The number of fused-ring (bicyclic) bond motifs is 7. The summed E-state index contributed by atoms with van der Waals surface area (Å²) in [5.41, 5.74) is 16.1. The fourth-order valence-corrected chi connectivity index (χ4v) is 9.63. The molecule has 8 aromatic carbocycles. The van der Waals surface area contributed by atoms with Crippen LogP contribution in [0.4, 0.5) is 17.1 Å². The standard InChI is InChI=1S/C51H37NS/c1-51(2)44-32-39(36-18-10-5-11-19-36)26-31-42(44)48-45(51)33-46(49-43-20-12-13-21-47(43)53-50(48)49)52(40-27-22-37(23-28-40)34-14-6-3-7-15-34)41-29-24-38(25-30-41)35-16-8-4-9-17-35/h3-33H,1-2H3. The molecule has 0 amide bonds. The molecule has 1 nitrogen and oxygen atoms in total. The van der Waals surface area contributed by atoms with Gasteiger partial charge in [-0.05, 0) is 92.5 Å². The molecule has 0 saturated heterocycles. The molecule has 252 valence electrons. The maximum Gasteiger partial charge on any atom is 0.0558 e. The van der Waals surface area contributed by atoms with Crippen molar-refractivity contribution in [2.45, 2.75) is 19.3 Å². The summed E-state index contributed by atoms with van der Waals surface area (Å²) in [7, 11) is 0. The van der Waals surface area contributed by atoms with Gasteiger partial charge >= 0.3 is 0 Å². The van der Waals surface area contributed by atoms with Crippen molar-refractivity contribution in [1.82, 2.24) is 0 Å². The highest BCUT2D eigenvalue weighted by molar-refractivity contribution is 7.26. The quantitative estimate of drug-likeness (QED) is 0.167. The predicted octanol–water partition coefficient (Wildman–Crippen LogP) is 14.8. The van der Waals surface area contributed by atoms with Gasteiger partial charge in [0, 0.05) is 42.5 Å². The van der Waals surface area contributed by atoms with Crippen molar-refractivity contribution in [3.63, 3.8) is 0 Å². The number of hydrogen-bond donors (Lipinski definition) is 0. The van der Waals surface area contributed by atoms with Gasteiger partial charge in [-0.2, -0.15) is 0 Å². The molecule has 9 aromatic rings. The summed E-state index contributed by atoms with van der Waals surface area (Å²) >= 11 is 1.93. The number of benzene rings is 8. The molecule has 0 bridgehead atoms. The fraction of sp³-hybridized carbons (Fsp3) is 0.0588. The van der Waals surface area contributed by atoms with Crippen molar-refractivity contribution in [1.29, 1.82) is 0 Å². The Morgan fingerprint density at radius 2 is 0.906 bits per heavy atom. The average Bonchev–Trinajstić information content (AvgIpc) is 3.72. The molecule has 0 aliphatic heterocycles. The van der Waals surface area contributed by atoms with Gasteiger partial charge in [-0.3, -0.25) is 0 Å². The molecule has 1 aliphatic carbocycles. The molecule has 0 saturated carbocycles. The lowest BCUT2D eigenvalue weighted by atomic mass is 9.81. The SMILES string of the molecule is CC1(C)c2cc(-c3ccccc3)ccc2-c2c1cc(N(c1ccc(-c3ccccc3)cc1)c1ccc(-c3ccccc3)cc1)c1c2sc2ccccc21. The Balaban J connectivity index is 1.22. The summed E-state index contributed by atoms with van der Waals surface area (Å²) in [5.74, 6) is 0. The van der Waals surface area contributed by atoms with E-state index in [1.807, 2.05) is 11.3 Å². The van der Waals surface area contributed by atoms with Gasteiger partial charge in [-0.1, -0.05) is 159 Å². The van der Waals surface area contributed by atoms with Crippen LogP contribution >= 0.6 is 11.3 Å². The predicted molar refractivity (Wildman–Crippen MR) is 228 cm³/mol. The van der Waals surface area contributed by atoms with Crippen LogP contribution in [0.15, 0.2) is 188 Å². The van der Waals surface area contributed by atoms with Crippen molar-refractivity contribution in [2.75, 3.05) is 4.90 Å². The Kier molecular flexibility index (Phi) is 7.42. The molecule has 0 spiro atoms. The normalized spacial score (nSPS) is 12.9. The summed E-state index contributed by atoms with van der Waals surface area (Å²) < 4.78 is 2.66. The van der Waals surface area contributed by atoms with Crippen LogP contribution in [-0.2, 0) is 5.41 Å². The van der Waals surface area contributed by atoms with Gasteiger partial charge in [0.15, 0.2) is 0 Å². The van der Waals surface area contributed by atoms with Crippen LogP contribution in [-0.4, -0.2) is 0 Å². The van der Waals surface area contributed by atoms with E-state index in [4.69, 9.17) is 0 Å². The third-order valence-corrected chi connectivity index (χ3v) is 12.3. The molecule has 1 aromatic heterocycles. The molecule has 0 unspecified atom stereocenters. The minimum absolute atomic E-state index is 0.200. The lowest BCUT2D eigenvalue weighted by Gasteiger charge is -2.29. The van der Waals surface area contributed by atoms with Crippen molar-refractivity contribution in [3.8, 4) is 44.5 Å². The number of anilines is 3. The Hall–Kier alpha value is -6.22. The molecule has 1 heterocycles. The van der Waals surface area contributed by atoms with Crippen molar-refractivity contribution >= 4 is 48.6 Å². The molecule has 53 heavy (non-hydrogen) atoms. The van der Waals surface area contributed by atoms with Crippen LogP contribution in [0.2, 0.25) is 0 Å². The molecule has 0 radical (unpaired) electrons. The first-order valence-electron chi connectivity index (χ1n) is 18.3. The summed E-state index contributed by atoms with van der Waals surface area (Å²) in [6, 6.07) is 68.8. The number of nitrogens with zero attached hydrogens (tertiary/aromatic N) is 1. The first-order chi connectivity index (χ1) is 26.0. The highest BCUT2D eigenvalue weighted by Gasteiger charge is 2.39. The molecule has 0 N–H and O–H groups in total. The lowest BCUT2D eigenvalue weighted by Crippen LogP contribution is -2.17. The van der Waals surface area contributed by atoms with Crippen LogP contribution < -0.4 is 4.90 Å². The molecular weight excluding hydrogens is 659 g/mol. The molecule has 0 atom stereocenters. The number of hydrogen-bond acceptors (Lipinski definition) is 2. The van der Waals surface area contributed by atoms with Crippen LogP contribution in [0.5, 0.6) is 0 Å². The molecule has 0 fully saturated rings. The monoisotopic (exact) mass is 695 g/mol. The second-order valence-electron chi connectivity index (χ2n) is 14.5.